The number of rotatable bonds is 4. The number of furan rings is 1. The number of thiocarbonyl (C=S) groups is 1. The van der Waals surface area contributed by atoms with Crippen LogP contribution in [0.15, 0.2) is 52.9 Å². The maximum Gasteiger partial charge on any atom is 0.337 e. The van der Waals surface area contributed by atoms with Gasteiger partial charge in [-0.2, -0.15) is 0 Å². The Morgan fingerprint density at radius 2 is 1.66 bits per heavy atom. The third kappa shape index (κ3) is 5.07. The molecule has 2 aromatic carbocycles. The van der Waals surface area contributed by atoms with Gasteiger partial charge in [-0.15, -0.1) is 0 Å². The zero-order valence-corrected chi connectivity index (χ0v) is 17.4. The zero-order valence-electron chi connectivity index (χ0n) is 14.3. The van der Waals surface area contributed by atoms with Crippen LogP contribution in [0.1, 0.15) is 20.9 Å². The summed E-state index contributed by atoms with van der Waals surface area (Å²) in [6, 6.07) is 12.6. The number of aromatic carboxylic acids is 1. The average Bonchev–Trinajstić information content (AvgIpc) is 3.14. The van der Waals surface area contributed by atoms with E-state index in [4.69, 9.17) is 51.4 Å². The summed E-state index contributed by atoms with van der Waals surface area (Å²) in [6.45, 7) is 0. The van der Waals surface area contributed by atoms with Gasteiger partial charge in [-0.3, -0.25) is 10.1 Å². The number of carbonyl (C=O) groups is 2. The van der Waals surface area contributed by atoms with Gasteiger partial charge in [-0.25, -0.2) is 4.79 Å². The van der Waals surface area contributed by atoms with Crippen LogP contribution in [-0.4, -0.2) is 22.1 Å². The van der Waals surface area contributed by atoms with Gasteiger partial charge < -0.3 is 14.8 Å². The predicted molar refractivity (Wildman–Crippen MR) is 116 cm³/mol. The summed E-state index contributed by atoms with van der Waals surface area (Å²) >= 11 is 22.8. The molecule has 0 saturated heterocycles. The topological polar surface area (TPSA) is 91.6 Å². The van der Waals surface area contributed by atoms with Crippen LogP contribution in [0.2, 0.25) is 15.1 Å². The second-order valence-electron chi connectivity index (χ2n) is 5.69. The van der Waals surface area contributed by atoms with Gasteiger partial charge in [0.1, 0.15) is 5.76 Å². The first kappa shape index (κ1) is 21.1. The van der Waals surface area contributed by atoms with E-state index >= 15 is 0 Å². The van der Waals surface area contributed by atoms with Gasteiger partial charge in [0.15, 0.2) is 10.9 Å². The van der Waals surface area contributed by atoms with Crippen molar-refractivity contribution in [3.8, 4) is 11.3 Å². The first-order chi connectivity index (χ1) is 13.7. The molecule has 0 unspecified atom stereocenters. The SMILES string of the molecule is O=C(NC(=S)Nc1c(Cl)cc(Cl)cc1C(=O)O)c1ccc(-c2ccc(Cl)cc2)o1. The molecule has 3 N–H and O–H groups in total. The van der Waals surface area contributed by atoms with Gasteiger partial charge >= 0.3 is 5.97 Å². The fraction of sp³-hybridized carbons (Fsp3) is 0. The van der Waals surface area contributed by atoms with E-state index in [1.54, 1.807) is 30.3 Å². The number of carboxylic acids is 1. The van der Waals surface area contributed by atoms with Gasteiger partial charge in [-0.05, 0) is 60.7 Å². The van der Waals surface area contributed by atoms with E-state index in [2.05, 4.69) is 10.6 Å². The molecule has 148 valence electrons. The first-order valence-corrected chi connectivity index (χ1v) is 9.49. The highest BCUT2D eigenvalue weighted by molar-refractivity contribution is 7.80. The van der Waals surface area contributed by atoms with Crippen LogP contribution in [0.4, 0.5) is 5.69 Å². The van der Waals surface area contributed by atoms with Gasteiger partial charge in [0.25, 0.3) is 5.91 Å². The van der Waals surface area contributed by atoms with Gasteiger partial charge in [-0.1, -0.05) is 34.8 Å². The quantitative estimate of drug-likeness (QED) is 0.423. The third-order valence-electron chi connectivity index (χ3n) is 3.71. The van der Waals surface area contributed by atoms with E-state index in [0.29, 0.717) is 10.8 Å². The first-order valence-electron chi connectivity index (χ1n) is 7.95. The molecule has 3 rings (SSSR count). The molecule has 0 atom stereocenters. The lowest BCUT2D eigenvalue weighted by atomic mass is 10.2. The number of benzene rings is 2. The van der Waals surface area contributed by atoms with Crippen molar-refractivity contribution in [3.63, 3.8) is 0 Å². The minimum absolute atomic E-state index is 0.00941. The Labute approximate surface area is 185 Å². The summed E-state index contributed by atoms with van der Waals surface area (Å²) in [5.41, 5.74) is 0.561. The summed E-state index contributed by atoms with van der Waals surface area (Å²) in [6.07, 6.45) is 0. The number of hydrogen-bond acceptors (Lipinski definition) is 4. The summed E-state index contributed by atoms with van der Waals surface area (Å²) in [5.74, 6) is -1.39. The second kappa shape index (κ2) is 8.84. The highest BCUT2D eigenvalue weighted by atomic mass is 35.5. The molecule has 0 aliphatic heterocycles. The third-order valence-corrected chi connectivity index (χ3v) is 4.68. The maximum absolute atomic E-state index is 12.4. The molecule has 10 heteroatoms. The molecule has 0 saturated carbocycles. The zero-order chi connectivity index (χ0) is 21.1. The lowest BCUT2D eigenvalue weighted by Crippen LogP contribution is -2.34. The Balaban J connectivity index is 1.73. The molecule has 0 aliphatic carbocycles. The lowest BCUT2D eigenvalue weighted by Gasteiger charge is -2.13. The normalized spacial score (nSPS) is 10.4. The average molecular weight is 470 g/mol. The summed E-state index contributed by atoms with van der Waals surface area (Å²) in [7, 11) is 0. The Hall–Kier alpha value is -2.58. The molecular weight excluding hydrogens is 459 g/mol. The molecule has 1 heterocycles. The van der Waals surface area contributed by atoms with Crippen molar-refractivity contribution >= 4 is 69.7 Å². The largest absolute Gasteiger partial charge is 0.478 e. The maximum atomic E-state index is 12.4. The van der Waals surface area contributed by atoms with Crippen LogP contribution >= 0.6 is 47.0 Å². The molecular formula is C19H11Cl3N2O4S. The van der Waals surface area contributed by atoms with Crippen molar-refractivity contribution in [2.24, 2.45) is 0 Å². The van der Waals surface area contributed by atoms with Crippen molar-refractivity contribution in [3.05, 3.63) is 74.9 Å². The number of carboxylic acid groups (broad SMARTS) is 1. The van der Waals surface area contributed by atoms with E-state index in [-0.39, 0.29) is 32.2 Å². The number of hydrogen-bond donors (Lipinski definition) is 3. The number of anilines is 1. The molecule has 1 aromatic heterocycles. The van der Waals surface area contributed by atoms with Crippen molar-refractivity contribution < 1.29 is 19.1 Å². The highest BCUT2D eigenvalue weighted by Gasteiger charge is 2.18. The molecule has 3 aromatic rings. The van der Waals surface area contributed by atoms with Crippen LogP contribution < -0.4 is 10.6 Å². The Morgan fingerprint density at radius 3 is 2.31 bits per heavy atom. The Kier molecular flexibility index (Phi) is 6.44. The molecule has 1 amide bonds. The standard InChI is InChI=1S/C19H11Cl3N2O4S/c20-10-3-1-9(2-4-10)14-5-6-15(28-14)17(25)24-19(29)23-16-12(18(26)27)7-11(21)8-13(16)22/h1-8H,(H,26,27)(H2,23,24,25,29). The van der Waals surface area contributed by atoms with Crippen molar-refractivity contribution in [2.45, 2.75) is 0 Å². The molecule has 0 aliphatic rings. The van der Waals surface area contributed by atoms with E-state index in [1.165, 1.54) is 18.2 Å². The summed E-state index contributed by atoms with van der Waals surface area (Å²) in [5, 5.41) is 14.9. The van der Waals surface area contributed by atoms with E-state index in [0.717, 1.165) is 5.56 Å². The Bertz CT molecular complexity index is 1110. The van der Waals surface area contributed by atoms with Crippen molar-refractivity contribution in [1.82, 2.24) is 5.32 Å². The lowest BCUT2D eigenvalue weighted by molar-refractivity contribution is 0.0697. The van der Waals surface area contributed by atoms with Crippen molar-refractivity contribution in [1.29, 1.82) is 0 Å². The minimum Gasteiger partial charge on any atom is -0.478 e. The van der Waals surface area contributed by atoms with Gasteiger partial charge in [0, 0.05) is 15.6 Å². The van der Waals surface area contributed by atoms with Gasteiger partial charge in [0.2, 0.25) is 0 Å². The van der Waals surface area contributed by atoms with Crippen molar-refractivity contribution in [2.75, 3.05) is 5.32 Å². The van der Waals surface area contributed by atoms with E-state index in [9.17, 15) is 14.7 Å². The van der Waals surface area contributed by atoms with Crippen LogP contribution in [-0.2, 0) is 0 Å². The van der Waals surface area contributed by atoms with Crippen LogP contribution in [0, 0.1) is 0 Å². The molecule has 6 nitrogen and oxygen atoms in total. The van der Waals surface area contributed by atoms with E-state index < -0.39 is 11.9 Å². The monoisotopic (exact) mass is 468 g/mol. The number of nitrogens with one attached hydrogen (secondary N) is 2. The molecule has 29 heavy (non-hydrogen) atoms. The number of halogens is 3. The fourth-order valence-corrected chi connectivity index (χ4v) is 3.27. The highest BCUT2D eigenvalue weighted by Crippen LogP contribution is 2.30. The molecule has 0 radical (unpaired) electrons. The predicted octanol–water partition coefficient (Wildman–Crippen LogP) is 5.73. The van der Waals surface area contributed by atoms with Crippen LogP contribution in [0.25, 0.3) is 11.3 Å². The molecule has 0 fully saturated rings. The molecule has 0 bridgehead atoms. The minimum atomic E-state index is -1.26. The summed E-state index contributed by atoms with van der Waals surface area (Å²) in [4.78, 5) is 23.8. The number of carbonyl (C=O) groups excluding carboxylic acids is 1. The molecule has 0 spiro atoms. The Morgan fingerprint density at radius 1 is 0.966 bits per heavy atom. The van der Waals surface area contributed by atoms with E-state index in [1.807, 2.05) is 0 Å². The fourth-order valence-electron chi connectivity index (χ4n) is 2.41. The second-order valence-corrected chi connectivity index (χ2v) is 7.38. The summed E-state index contributed by atoms with van der Waals surface area (Å²) < 4.78 is 5.54. The van der Waals surface area contributed by atoms with Crippen LogP contribution in [0.5, 0.6) is 0 Å². The van der Waals surface area contributed by atoms with Crippen LogP contribution in [0.3, 0.4) is 0 Å². The van der Waals surface area contributed by atoms with Gasteiger partial charge in [0.05, 0.1) is 16.3 Å². The smallest absolute Gasteiger partial charge is 0.337 e. The number of amides is 1.